The molecule has 0 aromatic heterocycles. The first-order chi connectivity index (χ1) is 16.8. The van der Waals surface area contributed by atoms with E-state index in [9.17, 15) is 26.3 Å². The second-order valence-electron chi connectivity index (χ2n) is 9.46. The zero-order valence-corrected chi connectivity index (χ0v) is 20.2. The van der Waals surface area contributed by atoms with E-state index in [-0.39, 0.29) is 6.04 Å². The molecule has 0 spiro atoms. The Morgan fingerprint density at radius 3 is 2.17 bits per heavy atom. The zero-order chi connectivity index (χ0) is 26.4. The largest absolute Gasteiger partial charge is 0.404 e. The van der Waals surface area contributed by atoms with Gasteiger partial charge in [0.1, 0.15) is 0 Å². The molecule has 1 heterocycles. The minimum absolute atomic E-state index is 0.273. The van der Waals surface area contributed by atoms with Crippen molar-refractivity contribution in [3.8, 4) is 0 Å². The highest BCUT2D eigenvalue weighted by atomic mass is 19.4. The molecule has 1 aliphatic heterocycles. The number of anilines is 2. The van der Waals surface area contributed by atoms with E-state index in [0.29, 0.717) is 24.0 Å². The van der Waals surface area contributed by atoms with Crippen molar-refractivity contribution in [2.45, 2.75) is 63.1 Å². The van der Waals surface area contributed by atoms with Gasteiger partial charge in [0.2, 0.25) is 0 Å². The van der Waals surface area contributed by atoms with Crippen molar-refractivity contribution in [1.29, 1.82) is 0 Å². The molecule has 0 bridgehead atoms. The number of hydrogen-bond donors (Lipinski definition) is 1. The molecule has 0 amide bonds. The first-order valence-corrected chi connectivity index (χ1v) is 11.8. The summed E-state index contributed by atoms with van der Waals surface area (Å²) in [5, 5.41) is 3.09. The quantitative estimate of drug-likeness (QED) is 0.365. The molecule has 1 aliphatic carbocycles. The fourth-order valence-corrected chi connectivity index (χ4v) is 4.78. The Balaban J connectivity index is 1.57. The monoisotopic (exact) mass is 509 g/mol. The van der Waals surface area contributed by atoms with Crippen molar-refractivity contribution >= 4 is 11.4 Å². The van der Waals surface area contributed by atoms with Crippen molar-refractivity contribution in [2.24, 2.45) is 0 Å². The number of allylic oxidation sites excluding steroid dienone is 1. The van der Waals surface area contributed by atoms with E-state index < -0.39 is 23.8 Å². The van der Waals surface area contributed by atoms with E-state index in [1.807, 2.05) is 6.92 Å². The molecule has 1 N–H and O–H groups in total. The molecule has 3 nitrogen and oxygen atoms in total. The minimum atomic E-state index is -5.43. The highest BCUT2D eigenvalue weighted by Gasteiger charge is 2.57. The molecule has 194 valence electrons. The fraction of sp³-hybridized carbons (Fsp3) is 0.407. The molecule has 0 radical (unpaired) electrons. The van der Waals surface area contributed by atoms with Gasteiger partial charge in [-0.1, -0.05) is 38.3 Å². The Hall–Kier alpha value is -3.10. The van der Waals surface area contributed by atoms with Crippen molar-refractivity contribution in [2.75, 3.05) is 17.3 Å². The van der Waals surface area contributed by atoms with Crippen LogP contribution in [0.15, 0.2) is 67.0 Å². The van der Waals surface area contributed by atoms with Crippen molar-refractivity contribution in [1.82, 2.24) is 4.90 Å². The van der Waals surface area contributed by atoms with Gasteiger partial charge in [-0.15, -0.1) is 0 Å². The first kappa shape index (κ1) is 26.0. The van der Waals surface area contributed by atoms with Gasteiger partial charge in [-0.2, -0.15) is 26.3 Å². The maximum absolute atomic E-state index is 13.1. The summed E-state index contributed by atoms with van der Waals surface area (Å²) >= 11 is 0. The summed E-state index contributed by atoms with van der Waals surface area (Å²) in [6.07, 6.45) is -7.78. The van der Waals surface area contributed by atoms with Crippen molar-refractivity contribution in [3.05, 3.63) is 83.7 Å². The summed E-state index contributed by atoms with van der Waals surface area (Å²) in [5.74, 6) is -3.53. The topological polar surface area (TPSA) is 18.5 Å². The zero-order valence-electron chi connectivity index (χ0n) is 20.2. The highest BCUT2D eigenvalue weighted by Crippen LogP contribution is 2.47. The maximum Gasteiger partial charge on any atom is 0.404 e. The number of nitrogens with zero attached hydrogens (tertiary/aromatic N) is 2. The van der Waals surface area contributed by atoms with Crippen LogP contribution in [-0.2, 0) is 6.54 Å². The van der Waals surface area contributed by atoms with Crippen LogP contribution in [-0.4, -0.2) is 30.3 Å². The SMILES string of the molecule is C=C(Nc1ccc(C(C(F)(F)F)C(F)(F)F)cc1)C1c2ccc(N(C)C3CC3)cc2CN1C(=C)CC. The summed E-state index contributed by atoms with van der Waals surface area (Å²) < 4.78 is 78.4. The lowest BCUT2D eigenvalue weighted by Gasteiger charge is -2.31. The van der Waals surface area contributed by atoms with Gasteiger partial charge in [-0.05, 0) is 60.2 Å². The molecule has 1 unspecified atom stereocenters. The molecule has 36 heavy (non-hydrogen) atoms. The Bertz CT molecular complexity index is 1120. The summed E-state index contributed by atoms with van der Waals surface area (Å²) in [7, 11) is 2.08. The number of halogens is 6. The van der Waals surface area contributed by atoms with Gasteiger partial charge in [0.15, 0.2) is 5.92 Å². The van der Waals surface area contributed by atoms with Crippen LogP contribution in [0.2, 0.25) is 0 Å². The molecule has 1 atom stereocenters. The van der Waals surface area contributed by atoms with Gasteiger partial charge in [0, 0.05) is 42.4 Å². The van der Waals surface area contributed by atoms with Crippen LogP contribution in [0.4, 0.5) is 37.7 Å². The van der Waals surface area contributed by atoms with Crippen LogP contribution in [0.3, 0.4) is 0 Å². The van der Waals surface area contributed by atoms with Crippen LogP contribution in [0.5, 0.6) is 0 Å². The molecule has 1 fully saturated rings. The number of fused-ring (bicyclic) bond motifs is 1. The van der Waals surface area contributed by atoms with E-state index in [0.717, 1.165) is 41.1 Å². The minimum Gasteiger partial charge on any atom is -0.372 e. The molecular formula is C27H29F6N3. The predicted molar refractivity (Wildman–Crippen MR) is 130 cm³/mol. The summed E-state index contributed by atoms with van der Waals surface area (Å²) in [6, 6.07) is 10.7. The second kappa shape index (κ2) is 9.41. The molecule has 4 rings (SSSR count). The highest BCUT2D eigenvalue weighted by molar-refractivity contribution is 5.57. The maximum atomic E-state index is 13.1. The van der Waals surface area contributed by atoms with Crippen molar-refractivity contribution in [3.63, 3.8) is 0 Å². The van der Waals surface area contributed by atoms with E-state index >= 15 is 0 Å². The van der Waals surface area contributed by atoms with E-state index in [2.05, 4.69) is 53.5 Å². The van der Waals surface area contributed by atoms with Crippen LogP contribution >= 0.6 is 0 Å². The van der Waals surface area contributed by atoms with E-state index in [4.69, 9.17) is 0 Å². The lowest BCUT2D eigenvalue weighted by atomic mass is 9.97. The normalized spacial score (nSPS) is 17.8. The summed E-state index contributed by atoms with van der Waals surface area (Å²) in [5.41, 5.74) is 4.28. The lowest BCUT2D eigenvalue weighted by molar-refractivity contribution is -0.253. The molecule has 2 aromatic carbocycles. The predicted octanol–water partition coefficient (Wildman–Crippen LogP) is 7.90. The molecule has 2 aromatic rings. The fourth-order valence-electron chi connectivity index (χ4n) is 4.78. The Morgan fingerprint density at radius 2 is 1.64 bits per heavy atom. The molecule has 9 heteroatoms. The number of alkyl halides is 6. The van der Waals surface area contributed by atoms with E-state index in [1.54, 1.807) is 0 Å². The Labute approximate surface area is 207 Å². The van der Waals surface area contributed by atoms with Crippen LogP contribution < -0.4 is 10.2 Å². The van der Waals surface area contributed by atoms with Crippen molar-refractivity contribution < 1.29 is 26.3 Å². The molecule has 0 saturated heterocycles. The van der Waals surface area contributed by atoms with Gasteiger partial charge in [0.25, 0.3) is 0 Å². The summed E-state index contributed by atoms with van der Waals surface area (Å²) in [4.78, 5) is 4.40. The van der Waals surface area contributed by atoms with Gasteiger partial charge in [-0.3, -0.25) is 0 Å². The smallest absolute Gasteiger partial charge is 0.372 e. The first-order valence-electron chi connectivity index (χ1n) is 11.8. The third-order valence-corrected chi connectivity index (χ3v) is 6.92. The Kier molecular flexibility index (Phi) is 6.79. The van der Waals surface area contributed by atoms with Crippen LogP contribution in [0.25, 0.3) is 0 Å². The number of hydrogen-bond acceptors (Lipinski definition) is 3. The molecule has 2 aliphatic rings. The van der Waals surface area contributed by atoms with Gasteiger partial charge < -0.3 is 15.1 Å². The van der Waals surface area contributed by atoms with Crippen LogP contribution in [0, 0.1) is 0 Å². The number of benzene rings is 2. The van der Waals surface area contributed by atoms with Gasteiger partial charge >= 0.3 is 12.4 Å². The third kappa shape index (κ3) is 5.20. The average molecular weight is 510 g/mol. The molecule has 1 saturated carbocycles. The molecular weight excluding hydrogens is 480 g/mol. The van der Waals surface area contributed by atoms with Gasteiger partial charge in [0.05, 0.1) is 6.04 Å². The van der Waals surface area contributed by atoms with Gasteiger partial charge in [-0.25, -0.2) is 0 Å². The summed E-state index contributed by atoms with van der Waals surface area (Å²) in [6.45, 7) is 11.0. The third-order valence-electron chi connectivity index (χ3n) is 6.92. The number of rotatable bonds is 8. The second-order valence-corrected chi connectivity index (χ2v) is 9.46. The average Bonchev–Trinajstić information content (AvgIpc) is 3.56. The standard InChI is InChI=1S/C27H29F6N3/c1-5-16(2)36-15-19-14-22(35(4)21-10-11-21)12-13-23(19)24(36)17(3)34-20-8-6-18(7-9-20)25(26(28,29)30)27(31,32)33/h6-9,12-14,21,24-25,34H,2-3,5,10-11,15H2,1,4H3. The lowest BCUT2D eigenvalue weighted by Crippen LogP contribution is -2.34. The Morgan fingerprint density at radius 1 is 1.03 bits per heavy atom. The van der Waals surface area contributed by atoms with Crippen LogP contribution in [0.1, 0.15) is 54.8 Å². The van der Waals surface area contributed by atoms with E-state index in [1.165, 1.54) is 25.0 Å². The number of nitrogens with one attached hydrogen (secondary N) is 1.